The average Bonchev–Trinajstić information content (AvgIpc) is 2.42. The van der Waals surface area contributed by atoms with Crippen molar-refractivity contribution in [1.82, 2.24) is 5.32 Å². The van der Waals surface area contributed by atoms with Crippen molar-refractivity contribution in [3.8, 4) is 11.5 Å². The summed E-state index contributed by atoms with van der Waals surface area (Å²) in [6.07, 6.45) is 2.32. The molecular weight excluding hydrogens is 238 g/mol. The first kappa shape index (κ1) is 15.8. The van der Waals surface area contributed by atoms with Crippen LogP contribution < -0.4 is 14.8 Å². The summed E-state index contributed by atoms with van der Waals surface area (Å²) in [5.74, 6) is 1.74. The van der Waals surface area contributed by atoms with Crippen molar-refractivity contribution in [3.63, 3.8) is 0 Å². The van der Waals surface area contributed by atoms with Crippen molar-refractivity contribution in [2.24, 2.45) is 0 Å². The molecule has 0 spiro atoms. The standard InChI is InChI=1S/C16H27NO2/c1-5-11-17-12-14-9-8-10-15(18-7-3)16(14)19-13(4)6-2/h8-10,13,17H,5-7,11-12H2,1-4H3. The molecule has 0 bridgehead atoms. The first-order chi connectivity index (χ1) is 9.22. The zero-order valence-electron chi connectivity index (χ0n) is 12.7. The summed E-state index contributed by atoms with van der Waals surface area (Å²) >= 11 is 0. The Morgan fingerprint density at radius 2 is 2.00 bits per heavy atom. The van der Waals surface area contributed by atoms with Crippen LogP contribution in [-0.4, -0.2) is 19.3 Å². The maximum Gasteiger partial charge on any atom is 0.166 e. The number of ether oxygens (including phenoxy) is 2. The average molecular weight is 265 g/mol. The van der Waals surface area contributed by atoms with E-state index in [1.165, 1.54) is 5.56 Å². The Morgan fingerprint density at radius 3 is 2.63 bits per heavy atom. The van der Waals surface area contributed by atoms with Gasteiger partial charge in [0.1, 0.15) is 0 Å². The van der Waals surface area contributed by atoms with E-state index in [4.69, 9.17) is 9.47 Å². The fraction of sp³-hybridized carbons (Fsp3) is 0.625. The highest BCUT2D eigenvalue weighted by Gasteiger charge is 2.13. The van der Waals surface area contributed by atoms with Crippen LogP contribution in [0.4, 0.5) is 0 Å². The van der Waals surface area contributed by atoms with E-state index in [1.54, 1.807) is 0 Å². The molecule has 0 aromatic heterocycles. The van der Waals surface area contributed by atoms with Gasteiger partial charge in [0.15, 0.2) is 11.5 Å². The van der Waals surface area contributed by atoms with Crippen LogP contribution in [0.1, 0.15) is 46.1 Å². The predicted molar refractivity (Wildman–Crippen MR) is 80.0 cm³/mol. The maximum absolute atomic E-state index is 6.04. The molecule has 0 fully saturated rings. The van der Waals surface area contributed by atoms with Gasteiger partial charge in [-0.15, -0.1) is 0 Å². The van der Waals surface area contributed by atoms with E-state index in [9.17, 15) is 0 Å². The lowest BCUT2D eigenvalue weighted by molar-refractivity contribution is 0.200. The molecule has 0 amide bonds. The summed E-state index contributed by atoms with van der Waals surface area (Å²) in [6, 6.07) is 6.10. The Kier molecular flexibility index (Phi) is 7.34. The number of benzene rings is 1. The van der Waals surface area contributed by atoms with Crippen molar-refractivity contribution >= 4 is 0 Å². The van der Waals surface area contributed by atoms with E-state index >= 15 is 0 Å². The van der Waals surface area contributed by atoms with Gasteiger partial charge in [0.2, 0.25) is 0 Å². The first-order valence-corrected chi connectivity index (χ1v) is 7.34. The lowest BCUT2D eigenvalue weighted by atomic mass is 10.1. The summed E-state index contributed by atoms with van der Waals surface area (Å²) in [4.78, 5) is 0. The summed E-state index contributed by atoms with van der Waals surface area (Å²) in [6.45, 7) is 10.9. The van der Waals surface area contributed by atoms with Gasteiger partial charge in [-0.3, -0.25) is 0 Å². The van der Waals surface area contributed by atoms with Crippen molar-refractivity contribution in [2.45, 2.75) is 53.2 Å². The Labute approximate surface area is 117 Å². The molecule has 0 aliphatic heterocycles. The van der Waals surface area contributed by atoms with Gasteiger partial charge in [0.25, 0.3) is 0 Å². The molecule has 1 N–H and O–H groups in total. The van der Waals surface area contributed by atoms with Gasteiger partial charge < -0.3 is 14.8 Å². The van der Waals surface area contributed by atoms with Crippen LogP contribution in [0.25, 0.3) is 0 Å². The summed E-state index contributed by atoms with van der Waals surface area (Å²) in [5.41, 5.74) is 1.17. The van der Waals surface area contributed by atoms with Crippen LogP contribution in [0.3, 0.4) is 0 Å². The molecule has 3 heteroatoms. The second kappa shape index (κ2) is 8.81. The second-order valence-electron chi connectivity index (χ2n) is 4.69. The van der Waals surface area contributed by atoms with Crippen LogP contribution in [0, 0.1) is 0 Å². The van der Waals surface area contributed by atoms with Crippen LogP contribution >= 0.6 is 0 Å². The minimum atomic E-state index is 0.200. The van der Waals surface area contributed by atoms with Crippen molar-refractivity contribution in [2.75, 3.05) is 13.2 Å². The second-order valence-corrected chi connectivity index (χ2v) is 4.69. The van der Waals surface area contributed by atoms with Crippen LogP contribution in [-0.2, 0) is 6.54 Å². The topological polar surface area (TPSA) is 30.5 Å². The first-order valence-electron chi connectivity index (χ1n) is 7.34. The number of nitrogens with one attached hydrogen (secondary N) is 1. The molecule has 3 nitrogen and oxygen atoms in total. The lowest BCUT2D eigenvalue weighted by Gasteiger charge is -2.19. The molecule has 0 aliphatic rings. The Hall–Kier alpha value is -1.22. The Morgan fingerprint density at radius 1 is 1.21 bits per heavy atom. The van der Waals surface area contributed by atoms with E-state index in [2.05, 4.69) is 32.2 Å². The molecule has 1 atom stereocenters. The van der Waals surface area contributed by atoms with Gasteiger partial charge in [-0.1, -0.05) is 26.0 Å². The highest BCUT2D eigenvalue weighted by Crippen LogP contribution is 2.32. The van der Waals surface area contributed by atoms with E-state index in [-0.39, 0.29) is 6.10 Å². The molecule has 0 saturated carbocycles. The minimum Gasteiger partial charge on any atom is -0.490 e. The largest absolute Gasteiger partial charge is 0.490 e. The summed E-state index contributed by atoms with van der Waals surface area (Å²) in [7, 11) is 0. The normalized spacial score (nSPS) is 12.2. The zero-order chi connectivity index (χ0) is 14.1. The lowest BCUT2D eigenvalue weighted by Crippen LogP contribution is -2.17. The minimum absolute atomic E-state index is 0.200. The molecular formula is C16H27NO2. The number of rotatable bonds is 9. The van der Waals surface area contributed by atoms with E-state index in [0.717, 1.165) is 37.4 Å². The number of hydrogen-bond donors (Lipinski definition) is 1. The molecule has 108 valence electrons. The van der Waals surface area contributed by atoms with Gasteiger partial charge in [-0.2, -0.15) is 0 Å². The van der Waals surface area contributed by atoms with Crippen molar-refractivity contribution < 1.29 is 9.47 Å². The fourth-order valence-electron chi connectivity index (χ4n) is 1.79. The Balaban J connectivity index is 2.89. The van der Waals surface area contributed by atoms with Gasteiger partial charge in [-0.25, -0.2) is 0 Å². The third-order valence-corrected chi connectivity index (χ3v) is 3.00. The van der Waals surface area contributed by atoms with Gasteiger partial charge >= 0.3 is 0 Å². The zero-order valence-corrected chi connectivity index (χ0v) is 12.7. The molecule has 1 rings (SSSR count). The summed E-state index contributed by atoms with van der Waals surface area (Å²) < 4.78 is 11.7. The molecule has 19 heavy (non-hydrogen) atoms. The smallest absolute Gasteiger partial charge is 0.166 e. The van der Waals surface area contributed by atoms with Crippen molar-refractivity contribution in [1.29, 1.82) is 0 Å². The molecule has 1 unspecified atom stereocenters. The van der Waals surface area contributed by atoms with Crippen LogP contribution in [0.5, 0.6) is 11.5 Å². The number of hydrogen-bond acceptors (Lipinski definition) is 3. The van der Waals surface area contributed by atoms with Gasteiger partial charge in [-0.05, 0) is 39.3 Å². The van der Waals surface area contributed by atoms with E-state index in [0.29, 0.717) is 6.61 Å². The highest BCUT2D eigenvalue weighted by molar-refractivity contribution is 5.46. The fourth-order valence-corrected chi connectivity index (χ4v) is 1.79. The number of para-hydroxylation sites is 1. The maximum atomic E-state index is 6.04. The Bertz CT molecular complexity index is 366. The summed E-state index contributed by atoms with van der Waals surface area (Å²) in [5, 5.41) is 3.42. The third-order valence-electron chi connectivity index (χ3n) is 3.00. The quantitative estimate of drug-likeness (QED) is 0.690. The molecule has 0 heterocycles. The highest BCUT2D eigenvalue weighted by atomic mass is 16.5. The predicted octanol–water partition coefficient (Wildman–Crippen LogP) is 3.76. The van der Waals surface area contributed by atoms with E-state index in [1.807, 2.05) is 19.1 Å². The molecule has 0 aliphatic carbocycles. The third kappa shape index (κ3) is 5.11. The molecule has 1 aromatic rings. The molecule has 0 radical (unpaired) electrons. The van der Waals surface area contributed by atoms with Gasteiger partial charge in [0, 0.05) is 12.1 Å². The molecule has 0 saturated heterocycles. The van der Waals surface area contributed by atoms with Gasteiger partial charge in [0.05, 0.1) is 12.7 Å². The monoisotopic (exact) mass is 265 g/mol. The van der Waals surface area contributed by atoms with Crippen LogP contribution in [0.2, 0.25) is 0 Å². The van der Waals surface area contributed by atoms with Crippen molar-refractivity contribution in [3.05, 3.63) is 23.8 Å². The SMILES string of the molecule is CCCNCc1cccc(OCC)c1OC(C)CC. The van der Waals surface area contributed by atoms with Crippen LogP contribution in [0.15, 0.2) is 18.2 Å². The van der Waals surface area contributed by atoms with E-state index < -0.39 is 0 Å². The molecule has 1 aromatic carbocycles.